The van der Waals surface area contributed by atoms with Crippen LogP contribution in [0.25, 0.3) is 0 Å². The monoisotopic (exact) mass is 514 g/mol. The van der Waals surface area contributed by atoms with Gasteiger partial charge in [-0.3, -0.25) is 9.59 Å². The van der Waals surface area contributed by atoms with Crippen LogP contribution in [0.3, 0.4) is 0 Å². The quantitative estimate of drug-likeness (QED) is 0.409. The summed E-state index contributed by atoms with van der Waals surface area (Å²) in [4.78, 5) is 25.3. The summed E-state index contributed by atoms with van der Waals surface area (Å²) in [5.74, 6) is -0.959. The summed E-state index contributed by atoms with van der Waals surface area (Å²) < 4.78 is 33.1. The first kappa shape index (κ1) is 26.2. The maximum atomic E-state index is 12.9. The number of methoxy groups -OCH3 is 1. The van der Waals surface area contributed by atoms with Gasteiger partial charge < -0.3 is 10.1 Å². The van der Waals surface area contributed by atoms with E-state index in [0.29, 0.717) is 29.2 Å². The molecular formula is C26H27ClN2O5S. The van der Waals surface area contributed by atoms with Crippen LogP contribution in [-0.2, 0) is 21.4 Å². The Bertz CT molecular complexity index is 1280. The molecule has 3 aromatic carbocycles. The predicted octanol–water partition coefficient (Wildman–Crippen LogP) is 4.67. The van der Waals surface area contributed by atoms with Gasteiger partial charge in [0.2, 0.25) is 5.91 Å². The number of sulfonamides is 1. The summed E-state index contributed by atoms with van der Waals surface area (Å²) in [6.07, 6.45) is 1.17. The second-order valence-electron chi connectivity index (χ2n) is 7.88. The molecule has 2 amide bonds. The third-order valence-electron chi connectivity index (χ3n) is 5.46. The average Bonchev–Trinajstić information content (AvgIpc) is 2.86. The molecule has 0 saturated carbocycles. The molecule has 184 valence electrons. The van der Waals surface area contributed by atoms with Crippen molar-refractivity contribution in [1.82, 2.24) is 10.0 Å². The summed E-state index contributed by atoms with van der Waals surface area (Å²) in [6.45, 7) is 2.17. The minimum Gasteiger partial charge on any atom is -0.496 e. The average molecular weight is 515 g/mol. The molecule has 0 aromatic heterocycles. The van der Waals surface area contributed by atoms with Crippen molar-refractivity contribution in [2.45, 2.75) is 37.1 Å². The Morgan fingerprint density at radius 3 is 2.26 bits per heavy atom. The highest BCUT2D eigenvalue weighted by molar-refractivity contribution is 7.90. The first-order chi connectivity index (χ1) is 16.7. The highest BCUT2D eigenvalue weighted by atomic mass is 35.5. The van der Waals surface area contributed by atoms with Gasteiger partial charge in [-0.1, -0.05) is 55.3 Å². The third-order valence-corrected chi connectivity index (χ3v) is 7.07. The van der Waals surface area contributed by atoms with E-state index in [1.165, 1.54) is 24.3 Å². The standard InChI is InChI=1S/C26H27ClN2O5S/c1-3-6-23(18-9-13-21(27)14-10-18)26(31)29-35(32,33)22-15-11-19(12-16-22)25(30)28-17-20-7-4-5-8-24(20)34-2/h4-5,7-16,23H,3,6,17H2,1-2H3,(H,28,30)(H,29,31). The van der Waals surface area contributed by atoms with Gasteiger partial charge in [0.1, 0.15) is 5.75 Å². The Hall–Kier alpha value is -3.36. The zero-order valence-corrected chi connectivity index (χ0v) is 21.0. The maximum absolute atomic E-state index is 12.9. The highest BCUT2D eigenvalue weighted by Crippen LogP contribution is 2.24. The number of nitrogens with one attached hydrogen (secondary N) is 2. The van der Waals surface area contributed by atoms with Crippen molar-refractivity contribution in [3.8, 4) is 5.75 Å². The molecule has 35 heavy (non-hydrogen) atoms. The van der Waals surface area contributed by atoms with Gasteiger partial charge in [-0.2, -0.15) is 0 Å². The molecule has 3 aromatic rings. The van der Waals surface area contributed by atoms with Crippen molar-refractivity contribution >= 4 is 33.4 Å². The van der Waals surface area contributed by atoms with Crippen molar-refractivity contribution in [1.29, 1.82) is 0 Å². The minimum atomic E-state index is -4.12. The molecule has 0 aliphatic carbocycles. The summed E-state index contributed by atoms with van der Waals surface area (Å²) in [6, 6.07) is 19.5. The Balaban J connectivity index is 1.68. The fraction of sp³-hybridized carbons (Fsp3) is 0.231. The largest absolute Gasteiger partial charge is 0.496 e. The molecule has 1 atom stereocenters. The maximum Gasteiger partial charge on any atom is 0.264 e. The molecule has 2 N–H and O–H groups in total. The second-order valence-corrected chi connectivity index (χ2v) is 10.0. The molecule has 3 rings (SSSR count). The van der Waals surface area contributed by atoms with E-state index in [1.54, 1.807) is 37.4 Å². The molecule has 0 spiro atoms. The van der Waals surface area contributed by atoms with Crippen molar-refractivity contribution in [3.63, 3.8) is 0 Å². The topological polar surface area (TPSA) is 102 Å². The number of carbonyl (C=O) groups is 2. The lowest BCUT2D eigenvalue weighted by Gasteiger charge is -2.17. The molecule has 0 radical (unpaired) electrons. The van der Waals surface area contributed by atoms with Crippen LogP contribution < -0.4 is 14.8 Å². The first-order valence-electron chi connectivity index (χ1n) is 11.1. The molecule has 0 saturated heterocycles. The van der Waals surface area contributed by atoms with Crippen LogP contribution in [0, 0.1) is 0 Å². The number of ether oxygens (including phenoxy) is 1. The van der Waals surface area contributed by atoms with Crippen LogP contribution in [0.1, 0.15) is 47.2 Å². The van der Waals surface area contributed by atoms with Crippen LogP contribution in [-0.4, -0.2) is 27.3 Å². The molecule has 0 fully saturated rings. The van der Waals surface area contributed by atoms with Gasteiger partial charge in [0.25, 0.3) is 15.9 Å². The highest BCUT2D eigenvalue weighted by Gasteiger charge is 2.25. The van der Waals surface area contributed by atoms with Crippen LogP contribution in [0.5, 0.6) is 5.75 Å². The van der Waals surface area contributed by atoms with E-state index < -0.39 is 21.8 Å². The number of amides is 2. The van der Waals surface area contributed by atoms with Crippen LogP contribution >= 0.6 is 11.6 Å². The van der Waals surface area contributed by atoms with Gasteiger partial charge in [-0.15, -0.1) is 0 Å². The Morgan fingerprint density at radius 1 is 0.971 bits per heavy atom. The molecule has 9 heteroatoms. The lowest BCUT2D eigenvalue weighted by Crippen LogP contribution is -2.34. The smallest absolute Gasteiger partial charge is 0.264 e. The van der Waals surface area contributed by atoms with E-state index in [-0.39, 0.29) is 22.9 Å². The van der Waals surface area contributed by atoms with E-state index in [2.05, 4.69) is 10.0 Å². The SMILES string of the molecule is CCCC(C(=O)NS(=O)(=O)c1ccc(C(=O)NCc2ccccc2OC)cc1)c1ccc(Cl)cc1. The molecule has 0 aliphatic heterocycles. The number of para-hydroxylation sites is 1. The Morgan fingerprint density at radius 2 is 1.63 bits per heavy atom. The van der Waals surface area contributed by atoms with Crippen molar-refractivity contribution in [3.05, 3.63) is 94.5 Å². The van der Waals surface area contributed by atoms with Crippen LogP contribution in [0.2, 0.25) is 5.02 Å². The summed E-state index contributed by atoms with van der Waals surface area (Å²) in [7, 11) is -2.57. The number of carbonyl (C=O) groups excluding carboxylic acids is 2. The normalized spacial score (nSPS) is 12.0. The van der Waals surface area contributed by atoms with E-state index in [1.807, 2.05) is 25.1 Å². The van der Waals surface area contributed by atoms with E-state index in [0.717, 1.165) is 5.56 Å². The van der Waals surface area contributed by atoms with Crippen molar-refractivity contribution in [2.75, 3.05) is 7.11 Å². The van der Waals surface area contributed by atoms with Crippen molar-refractivity contribution in [2.24, 2.45) is 0 Å². The Kier molecular flexibility index (Phi) is 8.89. The number of halogens is 1. The number of hydrogen-bond acceptors (Lipinski definition) is 5. The van der Waals surface area contributed by atoms with Gasteiger partial charge in [0, 0.05) is 22.7 Å². The molecule has 7 nitrogen and oxygen atoms in total. The zero-order valence-electron chi connectivity index (χ0n) is 19.5. The van der Waals surface area contributed by atoms with Gasteiger partial charge in [-0.05, 0) is 54.4 Å². The lowest BCUT2D eigenvalue weighted by atomic mass is 9.94. The van der Waals surface area contributed by atoms with Gasteiger partial charge in [-0.25, -0.2) is 13.1 Å². The first-order valence-corrected chi connectivity index (χ1v) is 12.9. The number of benzene rings is 3. The van der Waals surface area contributed by atoms with Gasteiger partial charge in [0.05, 0.1) is 17.9 Å². The molecular weight excluding hydrogens is 488 g/mol. The summed E-state index contributed by atoms with van der Waals surface area (Å²) in [5.41, 5.74) is 1.79. The van der Waals surface area contributed by atoms with Crippen LogP contribution in [0.15, 0.2) is 77.7 Å². The van der Waals surface area contributed by atoms with Gasteiger partial charge in [0.15, 0.2) is 0 Å². The van der Waals surface area contributed by atoms with Crippen LogP contribution in [0.4, 0.5) is 0 Å². The van der Waals surface area contributed by atoms with Gasteiger partial charge >= 0.3 is 0 Å². The summed E-state index contributed by atoms with van der Waals surface area (Å²) >= 11 is 5.93. The number of hydrogen-bond donors (Lipinski definition) is 2. The number of rotatable bonds is 10. The molecule has 1 unspecified atom stereocenters. The Labute approximate surface area is 210 Å². The van der Waals surface area contributed by atoms with E-state index in [4.69, 9.17) is 16.3 Å². The summed E-state index contributed by atoms with van der Waals surface area (Å²) in [5, 5.41) is 3.32. The fourth-order valence-corrected chi connectivity index (χ4v) is 4.75. The molecule has 0 aliphatic rings. The second kappa shape index (κ2) is 11.9. The molecule has 0 bridgehead atoms. The zero-order chi connectivity index (χ0) is 25.4. The third kappa shape index (κ3) is 6.83. The van der Waals surface area contributed by atoms with Crippen molar-refractivity contribution < 1.29 is 22.7 Å². The predicted molar refractivity (Wildman–Crippen MR) is 135 cm³/mol. The van der Waals surface area contributed by atoms with E-state index in [9.17, 15) is 18.0 Å². The molecule has 0 heterocycles. The van der Waals surface area contributed by atoms with E-state index >= 15 is 0 Å². The fourth-order valence-electron chi connectivity index (χ4n) is 3.61. The lowest BCUT2D eigenvalue weighted by molar-refractivity contribution is -0.120. The minimum absolute atomic E-state index is 0.113.